The van der Waals surface area contributed by atoms with E-state index >= 15 is 0 Å². The number of nitrogens with zero attached hydrogens (tertiary/aromatic N) is 1. The molecular weight excluding hydrogens is 424 g/mol. The monoisotopic (exact) mass is 448 g/mol. The van der Waals surface area contributed by atoms with Gasteiger partial charge in [-0.2, -0.15) is 4.31 Å². The van der Waals surface area contributed by atoms with Gasteiger partial charge in [0.1, 0.15) is 10.6 Å². The number of halogens is 1. The van der Waals surface area contributed by atoms with Crippen molar-refractivity contribution in [3.05, 3.63) is 64.7 Å². The molecule has 1 amide bonds. The van der Waals surface area contributed by atoms with Crippen LogP contribution in [0.3, 0.4) is 0 Å². The van der Waals surface area contributed by atoms with Gasteiger partial charge in [0.2, 0.25) is 15.9 Å². The van der Waals surface area contributed by atoms with Crippen molar-refractivity contribution in [1.82, 2.24) is 9.62 Å². The average Bonchev–Trinajstić information content (AvgIpc) is 2.76. The normalized spacial score (nSPS) is 15.3. The standard InChI is InChI=1S/C22H25ClN2O4S/c1-29-20-10-8-17(15-21(20)30(27,28)25-12-3-2-4-13-25)9-11-22(26)24-16-18-6-5-7-19(23)14-18/h5-11,14-15H,2-4,12-13,16H2,1H3,(H,24,26)/b11-9+. The third-order valence-electron chi connectivity index (χ3n) is 4.90. The van der Waals surface area contributed by atoms with E-state index in [1.54, 1.807) is 36.4 Å². The number of hydrogen-bond donors (Lipinski definition) is 1. The summed E-state index contributed by atoms with van der Waals surface area (Å²) in [5.74, 6) is 0.00867. The molecule has 0 spiro atoms. The zero-order chi connectivity index (χ0) is 21.6. The van der Waals surface area contributed by atoms with E-state index in [0.717, 1.165) is 24.8 Å². The molecule has 30 heavy (non-hydrogen) atoms. The fourth-order valence-corrected chi connectivity index (χ4v) is 5.23. The smallest absolute Gasteiger partial charge is 0.246 e. The highest BCUT2D eigenvalue weighted by Crippen LogP contribution is 2.30. The van der Waals surface area contributed by atoms with Crippen LogP contribution in [0.1, 0.15) is 30.4 Å². The molecule has 0 aliphatic carbocycles. The van der Waals surface area contributed by atoms with Gasteiger partial charge in [-0.3, -0.25) is 4.79 Å². The first-order chi connectivity index (χ1) is 14.4. The van der Waals surface area contributed by atoms with Crippen LogP contribution in [0.15, 0.2) is 53.4 Å². The number of benzene rings is 2. The van der Waals surface area contributed by atoms with E-state index in [4.69, 9.17) is 16.3 Å². The molecule has 1 fully saturated rings. The minimum atomic E-state index is -3.65. The van der Waals surface area contributed by atoms with Gasteiger partial charge in [0.15, 0.2) is 0 Å². The summed E-state index contributed by atoms with van der Waals surface area (Å²) in [6, 6.07) is 12.1. The van der Waals surface area contributed by atoms with Gasteiger partial charge >= 0.3 is 0 Å². The summed E-state index contributed by atoms with van der Waals surface area (Å²) >= 11 is 5.94. The molecule has 0 radical (unpaired) electrons. The van der Waals surface area contributed by atoms with Crippen LogP contribution >= 0.6 is 11.6 Å². The van der Waals surface area contributed by atoms with Gasteiger partial charge in [-0.25, -0.2) is 8.42 Å². The van der Waals surface area contributed by atoms with E-state index in [9.17, 15) is 13.2 Å². The van der Waals surface area contributed by atoms with Crippen LogP contribution in [0, 0.1) is 0 Å². The van der Waals surface area contributed by atoms with Gasteiger partial charge in [0.25, 0.3) is 0 Å². The lowest BCUT2D eigenvalue weighted by molar-refractivity contribution is -0.116. The second-order valence-corrected chi connectivity index (χ2v) is 9.40. The molecule has 1 heterocycles. The number of carbonyl (C=O) groups is 1. The van der Waals surface area contributed by atoms with Crippen LogP contribution in [0.2, 0.25) is 5.02 Å². The largest absolute Gasteiger partial charge is 0.495 e. The number of amides is 1. The van der Waals surface area contributed by atoms with Gasteiger partial charge < -0.3 is 10.1 Å². The van der Waals surface area contributed by atoms with E-state index < -0.39 is 10.0 Å². The number of rotatable bonds is 7. The highest BCUT2D eigenvalue weighted by atomic mass is 35.5. The predicted molar refractivity (Wildman–Crippen MR) is 118 cm³/mol. The van der Waals surface area contributed by atoms with Gasteiger partial charge in [-0.1, -0.05) is 36.2 Å². The van der Waals surface area contributed by atoms with Crippen molar-refractivity contribution in [1.29, 1.82) is 0 Å². The number of hydrogen-bond acceptors (Lipinski definition) is 4. The average molecular weight is 449 g/mol. The lowest BCUT2D eigenvalue weighted by Gasteiger charge is -2.26. The molecule has 0 aromatic heterocycles. The molecule has 2 aromatic carbocycles. The number of nitrogens with one attached hydrogen (secondary N) is 1. The van der Waals surface area contributed by atoms with Gasteiger partial charge in [-0.05, 0) is 54.3 Å². The molecule has 8 heteroatoms. The van der Waals surface area contributed by atoms with Crippen LogP contribution in [-0.2, 0) is 21.4 Å². The molecule has 1 saturated heterocycles. The van der Waals surface area contributed by atoms with Crippen molar-refractivity contribution in [3.63, 3.8) is 0 Å². The van der Waals surface area contributed by atoms with Crippen LogP contribution in [0.4, 0.5) is 0 Å². The second kappa shape index (κ2) is 10.1. The second-order valence-electron chi connectivity index (χ2n) is 7.06. The molecule has 6 nitrogen and oxygen atoms in total. The van der Waals surface area contributed by atoms with E-state index in [-0.39, 0.29) is 10.8 Å². The minimum Gasteiger partial charge on any atom is -0.495 e. The first kappa shape index (κ1) is 22.3. The molecule has 0 unspecified atom stereocenters. The fourth-order valence-electron chi connectivity index (χ4n) is 3.31. The molecule has 0 bridgehead atoms. The Hall–Kier alpha value is -2.35. The number of carbonyl (C=O) groups excluding carboxylic acids is 1. The predicted octanol–water partition coefficient (Wildman–Crippen LogP) is 3.85. The summed E-state index contributed by atoms with van der Waals surface area (Å²) in [7, 11) is -2.21. The molecule has 0 atom stereocenters. The maximum Gasteiger partial charge on any atom is 0.246 e. The Bertz CT molecular complexity index is 1030. The first-order valence-corrected chi connectivity index (χ1v) is 11.6. The van der Waals surface area contributed by atoms with Crippen molar-refractivity contribution < 1.29 is 17.9 Å². The Labute approximate surface area is 182 Å². The van der Waals surface area contributed by atoms with Crippen molar-refractivity contribution in [2.45, 2.75) is 30.7 Å². The Morgan fingerprint density at radius 1 is 1.17 bits per heavy atom. The third-order valence-corrected chi connectivity index (χ3v) is 7.06. The van der Waals surface area contributed by atoms with Crippen LogP contribution in [0.5, 0.6) is 5.75 Å². The Balaban J connectivity index is 1.73. The summed E-state index contributed by atoms with van der Waals surface area (Å²) in [6.07, 6.45) is 5.71. The van der Waals surface area contributed by atoms with E-state index in [0.29, 0.717) is 36.0 Å². The van der Waals surface area contributed by atoms with Gasteiger partial charge in [0, 0.05) is 30.7 Å². The molecule has 1 N–H and O–H groups in total. The Kier molecular flexibility index (Phi) is 7.53. The zero-order valence-corrected chi connectivity index (χ0v) is 18.4. The first-order valence-electron chi connectivity index (χ1n) is 9.79. The molecule has 160 valence electrons. The highest BCUT2D eigenvalue weighted by Gasteiger charge is 2.28. The summed E-state index contributed by atoms with van der Waals surface area (Å²) in [4.78, 5) is 12.3. The highest BCUT2D eigenvalue weighted by molar-refractivity contribution is 7.89. The molecule has 3 rings (SSSR count). The topological polar surface area (TPSA) is 75.7 Å². The van der Waals surface area contributed by atoms with Crippen LogP contribution < -0.4 is 10.1 Å². The zero-order valence-electron chi connectivity index (χ0n) is 16.8. The van der Waals surface area contributed by atoms with Gasteiger partial charge in [0.05, 0.1) is 7.11 Å². The van der Waals surface area contributed by atoms with E-state index in [2.05, 4.69) is 5.32 Å². The molecular formula is C22H25ClN2O4S. The Morgan fingerprint density at radius 2 is 1.93 bits per heavy atom. The quantitative estimate of drug-likeness (QED) is 0.653. The van der Waals surface area contributed by atoms with Crippen molar-refractivity contribution in [3.8, 4) is 5.75 Å². The molecule has 1 aliphatic rings. The van der Waals surface area contributed by atoms with E-state index in [1.807, 2.05) is 12.1 Å². The molecule has 2 aromatic rings. The summed E-state index contributed by atoms with van der Waals surface area (Å²) < 4.78 is 32.9. The number of methoxy groups -OCH3 is 1. The summed E-state index contributed by atoms with van der Waals surface area (Å²) in [5.41, 5.74) is 1.49. The summed E-state index contributed by atoms with van der Waals surface area (Å²) in [6.45, 7) is 1.37. The lowest BCUT2D eigenvalue weighted by Crippen LogP contribution is -2.35. The lowest BCUT2D eigenvalue weighted by atomic mass is 10.2. The third kappa shape index (κ3) is 5.62. The van der Waals surface area contributed by atoms with Crippen LogP contribution in [0.25, 0.3) is 6.08 Å². The SMILES string of the molecule is COc1ccc(/C=C/C(=O)NCc2cccc(Cl)c2)cc1S(=O)(=O)N1CCCCC1. The van der Waals surface area contributed by atoms with Crippen molar-refractivity contribution >= 4 is 33.6 Å². The maximum atomic E-state index is 13.1. The van der Waals surface area contributed by atoms with Crippen molar-refractivity contribution in [2.24, 2.45) is 0 Å². The van der Waals surface area contributed by atoms with Crippen LogP contribution in [-0.4, -0.2) is 38.8 Å². The molecule has 0 saturated carbocycles. The number of ether oxygens (including phenoxy) is 1. The van der Waals surface area contributed by atoms with E-state index in [1.165, 1.54) is 17.5 Å². The summed E-state index contributed by atoms with van der Waals surface area (Å²) in [5, 5.41) is 3.39. The molecule has 1 aliphatic heterocycles. The minimum absolute atomic E-state index is 0.119. The fraction of sp³-hybridized carbons (Fsp3) is 0.318. The number of piperidine rings is 1. The maximum absolute atomic E-state index is 13.1. The number of sulfonamides is 1. The van der Waals surface area contributed by atoms with Gasteiger partial charge in [-0.15, -0.1) is 0 Å². The Morgan fingerprint density at radius 3 is 2.63 bits per heavy atom. The van der Waals surface area contributed by atoms with Crippen molar-refractivity contribution in [2.75, 3.05) is 20.2 Å².